The first-order valence-electron chi connectivity index (χ1n) is 7.19. The predicted octanol–water partition coefficient (Wildman–Crippen LogP) is 2.87. The molecule has 108 valence electrons. The lowest BCUT2D eigenvalue weighted by Gasteiger charge is -2.17. The molecule has 0 aromatic carbocycles. The van der Waals surface area contributed by atoms with Gasteiger partial charge < -0.3 is 9.47 Å². The van der Waals surface area contributed by atoms with E-state index in [1.807, 2.05) is 13.0 Å². The van der Waals surface area contributed by atoms with Gasteiger partial charge in [-0.25, -0.2) is 4.79 Å². The Hall–Kier alpha value is -1.32. The van der Waals surface area contributed by atoms with Crippen molar-refractivity contribution < 1.29 is 19.1 Å². The van der Waals surface area contributed by atoms with Gasteiger partial charge in [0.2, 0.25) is 0 Å². The molecule has 0 heterocycles. The molecule has 1 rings (SSSR count). The summed E-state index contributed by atoms with van der Waals surface area (Å²) in [4.78, 5) is 22.9. The number of hydrogen-bond acceptors (Lipinski definition) is 4. The van der Waals surface area contributed by atoms with Gasteiger partial charge in [-0.1, -0.05) is 12.5 Å². The van der Waals surface area contributed by atoms with Crippen LogP contribution < -0.4 is 0 Å². The van der Waals surface area contributed by atoms with E-state index in [1.165, 1.54) is 6.08 Å². The van der Waals surface area contributed by atoms with Crippen LogP contribution in [0.4, 0.5) is 0 Å². The van der Waals surface area contributed by atoms with E-state index in [4.69, 9.17) is 9.47 Å². The Balaban J connectivity index is 2.31. The molecule has 1 aliphatic rings. The van der Waals surface area contributed by atoms with Gasteiger partial charge in [-0.05, 0) is 45.4 Å². The number of allylic oxidation sites excluding steroid dienone is 1. The fraction of sp³-hybridized carbons (Fsp3) is 0.733. The van der Waals surface area contributed by atoms with Crippen molar-refractivity contribution >= 4 is 11.9 Å². The van der Waals surface area contributed by atoms with Gasteiger partial charge >= 0.3 is 11.9 Å². The van der Waals surface area contributed by atoms with E-state index in [0.29, 0.717) is 19.1 Å². The fourth-order valence-electron chi connectivity index (χ4n) is 2.62. The zero-order chi connectivity index (χ0) is 14.1. The quantitative estimate of drug-likeness (QED) is 0.526. The third kappa shape index (κ3) is 5.45. The lowest BCUT2D eigenvalue weighted by molar-refractivity contribution is -0.149. The molecule has 0 bridgehead atoms. The van der Waals surface area contributed by atoms with E-state index >= 15 is 0 Å². The topological polar surface area (TPSA) is 52.6 Å². The number of carbonyl (C=O) groups excluding carboxylic acids is 2. The van der Waals surface area contributed by atoms with Gasteiger partial charge in [-0.2, -0.15) is 0 Å². The smallest absolute Gasteiger partial charge is 0.330 e. The van der Waals surface area contributed by atoms with Gasteiger partial charge in [-0.3, -0.25) is 4.79 Å². The van der Waals surface area contributed by atoms with Gasteiger partial charge in [0.1, 0.15) is 0 Å². The van der Waals surface area contributed by atoms with E-state index < -0.39 is 0 Å². The minimum absolute atomic E-state index is 0.0518. The Bertz CT molecular complexity index is 322. The number of ether oxygens (including phenoxy) is 2. The number of hydrogen-bond donors (Lipinski definition) is 0. The molecule has 0 radical (unpaired) electrons. The second kappa shape index (κ2) is 8.73. The van der Waals surface area contributed by atoms with Crippen molar-refractivity contribution in [1.29, 1.82) is 0 Å². The second-order valence-electron chi connectivity index (χ2n) is 4.78. The molecule has 4 heteroatoms. The summed E-state index contributed by atoms with van der Waals surface area (Å²) >= 11 is 0. The molecule has 1 fully saturated rings. The van der Waals surface area contributed by atoms with Crippen molar-refractivity contribution in [1.82, 2.24) is 0 Å². The molecule has 0 N–H and O–H groups in total. The fourth-order valence-corrected chi connectivity index (χ4v) is 2.62. The van der Waals surface area contributed by atoms with Crippen LogP contribution in [0.5, 0.6) is 0 Å². The summed E-state index contributed by atoms with van der Waals surface area (Å²) in [5.41, 5.74) is 0. The molecule has 0 aromatic heterocycles. The Morgan fingerprint density at radius 2 is 1.89 bits per heavy atom. The molecule has 0 amide bonds. The normalized spacial score (nSPS) is 22.6. The zero-order valence-corrected chi connectivity index (χ0v) is 11.9. The molecule has 0 aromatic rings. The van der Waals surface area contributed by atoms with E-state index in [0.717, 1.165) is 32.1 Å². The minimum atomic E-state index is -0.295. The molecule has 2 atom stereocenters. The van der Waals surface area contributed by atoms with Crippen LogP contribution in [-0.2, 0) is 19.1 Å². The van der Waals surface area contributed by atoms with Crippen molar-refractivity contribution in [2.45, 2.75) is 46.0 Å². The van der Waals surface area contributed by atoms with Crippen LogP contribution in [0.1, 0.15) is 46.0 Å². The molecule has 0 spiro atoms. The lowest BCUT2D eigenvalue weighted by Crippen LogP contribution is -2.21. The SMILES string of the molecule is CCOC(=O)/C=C\CC[C@@H]1CCC[C@H]1C(=O)OCC. The molecule has 4 nitrogen and oxygen atoms in total. The first kappa shape index (κ1) is 15.7. The Morgan fingerprint density at radius 1 is 1.16 bits per heavy atom. The summed E-state index contributed by atoms with van der Waals surface area (Å²) in [5.74, 6) is 0.0945. The average Bonchev–Trinajstić information content (AvgIpc) is 2.83. The maximum Gasteiger partial charge on any atom is 0.330 e. The largest absolute Gasteiger partial charge is 0.466 e. The lowest BCUT2D eigenvalue weighted by atomic mass is 9.91. The van der Waals surface area contributed by atoms with Crippen molar-refractivity contribution in [3.8, 4) is 0 Å². The standard InChI is InChI=1S/C15H24O4/c1-3-18-14(16)11-6-5-8-12-9-7-10-13(12)15(17)19-4-2/h6,11-13H,3-5,7-10H2,1-2H3/b11-6-/t12-,13-/m1/s1. The van der Waals surface area contributed by atoms with Crippen LogP contribution in [0.3, 0.4) is 0 Å². The highest BCUT2D eigenvalue weighted by molar-refractivity contribution is 5.81. The van der Waals surface area contributed by atoms with E-state index in [-0.39, 0.29) is 17.9 Å². The van der Waals surface area contributed by atoms with Gasteiger partial charge in [0.25, 0.3) is 0 Å². The van der Waals surface area contributed by atoms with Crippen molar-refractivity contribution in [3.63, 3.8) is 0 Å². The Labute approximate surface area is 115 Å². The summed E-state index contributed by atoms with van der Waals surface area (Å²) in [6.45, 7) is 4.47. The van der Waals surface area contributed by atoms with Crippen molar-refractivity contribution in [2.75, 3.05) is 13.2 Å². The molecule has 0 saturated heterocycles. The van der Waals surface area contributed by atoms with Gasteiger partial charge in [-0.15, -0.1) is 0 Å². The molecule has 19 heavy (non-hydrogen) atoms. The maximum absolute atomic E-state index is 11.8. The molecule has 0 aliphatic heterocycles. The predicted molar refractivity (Wildman–Crippen MR) is 72.5 cm³/mol. The van der Waals surface area contributed by atoms with Crippen LogP contribution in [0.2, 0.25) is 0 Å². The van der Waals surface area contributed by atoms with Crippen LogP contribution in [0.25, 0.3) is 0 Å². The van der Waals surface area contributed by atoms with Gasteiger partial charge in [0, 0.05) is 6.08 Å². The van der Waals surface area contributed by atoms with Crippen molar-refractivity contribution in [2.24, 2.45) is 11.8 Å². The Morgan fingerprint density at radius 3 is 2.58 bits per heavy atom. The summed E-state index contributed by atoms with van der Waals surface area (Å²) < 4.78 is 9.91. The number of carbonyl (C=O) groups is 2. The molecular weight excluding hydrogens is 244 g/mol. The first-order chi connectivity index (χ1) is 9.19. The number of rotatable bonds is 7. The molecule has 1 aliphatic carbocycles. The van der Waals surface area contributed by atoms with E-state index in [2.05, 4.69) is 0 Å². The highest BCUT2D eigenvalue weighted by Gasteiger charge is 2.33. The summed E-state index contributed by atoms with van der Waals surface area (Å²) in [6, 6.07) is 0. The maximum atomic E-state index is 11.8. The van der Waals surface area contributed by atoms with Gasteiger partial charge in [0.05, 0.1) is 19.1 Å². The minimum Gasteiger partial charge on any atom is -0.466 e. The highest BCUT2D eigenvalue weighted by Crippen LogP contribution is 2.35. The van der Waals surface area contributed by atoms with E-state index in [1.54, 1.807) is 6.92 Å². The first-order valence-corrected chi connectivity index (χ1v) is 7.19. The average molecular weight is 268 g/mol. The number of esters is 2. The van der Waals surface area contributed by atoms with Crippen molar-refractivity contribution in [3.05, 3.63) is 12.2 Å². The third-order valence-corrected chi connectivity index (χ3v) is 3.49. The monoisotopic (exact) mass is 268 g/mol. The van der Waals surface area contributed by atoms with Crippen LogP contribution in [0, 0.1) is 11.8 Å². The third-order valence-electron chi connectivity index (χ3n) is 3.49. The van der Waals surface area contributed by atoms with Crippen LogP contribution in [-0.4, -0.2) is 25.2 Å². The molecule has 0 unspecified atom stereocenters. The summed E-state index contributed by atoms with van der Waals surface area (Å²) in [6.07, 6.45) is 8.15. The Kier molecular flexibility index (Phi) is 7.23. The molecular formula is C15H24O4. The summed E-state index contributed by atoms with van der Waals surface area (Å²) in [5, 5.41) is 0. The highest BCUT2D eigenvalue weighted by atomic mass is 16.5. The van der Waals surface area contributed by atoms with Gasteiger partial charge in [0.15, 0.2) is 0 Å². The molecule has 1 saturated carbocycles. The van der Waals surface area contributed by atoms with E-state index in [9.17, 15) is 9.59 Å². The summed E-state index contributed by atoms with van der Waals surface area (Å²) in [7, 11) is 0. The second-order valence-corrected chi connectivity index (χ2v) is 4.78. The van der Waals surface area contributed by atoms with Crippen LogP contribution in [0.15, 0.2) is 12.2 Å². The zero-order valence-electron chi connectivity index (χ0n) is 11.9. The van der Waals surface area contributed by atoms with Crippen LogP contribution >= 0.6 is 0 Å².